The number of allylic oxidation sites excluding steroid dienone is 1. The van der Waals surface area contributed by atoms with Crippen LogP contribution in [0.15, 0.2) is 17.3 Å². The van der Waals surface area contributed by atoms with Gasteiger partial charge < -0.3 is 9.64 Å². The maximum atomic E-state index is 10.4. The fourth-order valence-corrected chi connectivity index (χ4v) is 1.20. The predicted molar refractivity (Wildman–Crippen MR) is 55.1 cm³/mol. The molecule has 14 heavy (non-hydrogen) atoms. The summed E-state index contributed by atoms with van der Waals surface area (Å²) in [5.74, 6) is -0.201. The van der Waals surface area contributed by atoms with Crippen LogP contribution in [0.25, 0.3) is 0 Å². The lowest BCUT2D eigenvalue weighted by Crippen LogP contribution is -2.21. The SMILES string of the molecule is CC(=O)OCCCCN1C=CC=NC1. The number of carbonyl (C=O) groups is 1. The van der Waals surface area contributed by atoms with Crippen LogP contribution in [0.5, 0.6) is 0 Å². The lowest BCUT2D eigenvalue weighted by Gasteiger charge is -2.19. The summed E-state index contributed by atoms with van der Waals surface area (Å²) in [5, 5.41) is 0. The minimum atomic E-state index is -0.201. The van der Waals surface area contributed by atoms with Crippen LogP contribution in [0.1, 0.15) is 19.8 Å². The zero-order valence-corrected chi connectivity index (χ0v) is 8.48. The van der Waals surface area contributed by atoms with Crippen LogP contribution in [0.3, 0.4) is 0 Å². The van der Waals surface area contributed by atoms with Crippen LogP contribution in [-0.2, 0) is 9.53 Å². The molecule has 4 heteroatoms. The van der Waals surface area contributed by atoms with Gasteiger partial charge >= 0.3 is 5.97 Å². The van der Waals surface area contributed by atoms with Crippen molar-refractivity contribution >= 4 is 12.2 Å². The lowest BCUT2D eigenvalue weighted by molar-refractivity contribution is -0.141. The molecule has 0 spiro atoms. The van der Waals surface area contributed by atoms with Crippen LogP contribution in [-0.4, -0.2) is 36.9 Å². The van der Waals surface area contributed by atoms with Crippen molar-refractivity contribution in [2.75, 3.05) is 19.8 Å². The lowest BCUT2D eigenvalue weighted by atomic mass is 10.3. The molecule has 0 unspecified atom stereocenters. The van der Waals surface area contributed by atoms with Crippen molar-refractivity contribution in [1.82, 2.24) is 4.90 Å². The van der Waals surface area contributed by atoms with E-state index in [4.69, 9.17) is 4.74 Å². The Labute approximate surface area is 84.3 Å². The van der Waals surface area contributed by atoms with Gasteiger partial charge in [-0.2, -0.15) is 0 Å². The van der Waals surface area contributed by atoms with E-state index in [1.54, 1.807) is 6.21 Å². The number of nitrogens with zero attached hydrogens (tertiary/aromatic N) is 2. The van der Waals surface area contributed by atoms with Crippen LogP contribution in [0, 0.1) is 0 Å². The standard InChI is InChI=1S/C10H16N2O2/c1-10(13)14-8-3-2-6-12-7-4-5-11-9-12/h4-5,7H,2-3,6,8-9H2,1H3. The molecule has 1 aliphatic heterocycles. The summed E-state index contributed by atoms with van der Waals surface area (Å²) in [6.45, 7) is 3.66. The van der Waals surface area contributed by atoms with Crippen molar-refractivity contribution in [3.63, 3.8) is 0 Å². The van der Waals surface area contributed by atoms with Crippen molar-refractivity contribution < 1.29 is 9.53 Å². The maximum absolute atomic E-state index is 10.4. The van der Waals surface area contributed by atoms with Gasteiger partial charge in [0.2, 0.25) is 0 Å². The van der Waals surface area contributed by atoms with Crippen LogP contribution in [0.4, 0.5) is 0 Å². The molecule has 0 atom stereocenters. The molecule has 0 N–H and O–H groups in total. The number of carbonyl (C=O) groups excluding carboxylic acids is 1. The van der Waals surface area contributed by atoms with Gasteiger partial charge in [-0.15, -0.1) is 0 Å². The van der Waals surface area contributed by atoms with Crippen molar-refractivity contribution in [1.29, 1.82) is 0 Å². The van der Waals surface area contributed by atoms with E-state index < -0.39 is 0 Å². The van der Waals surface area contributed by atoms with E-state index >= 15 is 0 Å². The third-order valence-electron chi connectivity index (χ3n) is 1.90. The first-order valence-electron chi connectivity index (χ1n) is 4.83. The fourth-order valence-electron chi connectivity index (χ4n) is 1.20. The molecule has 0 fully saturated rings. The molecular formula is C10H16N2O2. The van der Waals surface area contributed by atoms with E-state index in [0.717, 1.165) is 26.1 Å². The van der Waals surface area contributed by atoms with Gasteiger partial charge in [0.25, 0.3) is 0 Å². The number of unbranched alkanes of at least 4 members (excludes halogenated alkanes) is 1. The Balaban J connectivity index is 1.96. The minimum absolute atomic E-state index is 0.201. The molecule has 0 amide bonds. The van der Waals surface area contributed by atoms with Gasteiger partial charge in [0.1, 0.15) is 6.67 Å². The zero-order chi connectivity index (χ0) is 10.2. The van der Waals surface area contributed by atoms with Crippen molar-refractivity contribution in [2.45, 2.75) is 19.8 Å². The first-order valence-corrected chi connectivity index (χ1v) is 4.83. The Morgan fingerprint density at radius 1 is 1.57 bits per heavy atom. The smallest absolute Gasteiger partial charge is 0.302 e. The third kappa shape index (κ3) is 4.64. The highest BCUT2D eigenvalue weighted by Crippen LogP contribution is 1.99. The molecule has 0 radical (unpaired) electrons. The number of rotatable bonds is 5. The number of aliphatic imine (C=N–C) groups is 1. The summed E-state index contributed by atoms with van der Waals surface area (Å²) < 4.78 is 4.83. The maximum Gasteiger partial charge on any atom is 0.302 e. The highest BCUT2D eigenvalue weighted by atomic mass is 16.5. The molecule has 1 rings (SSSR count). The fraction of sp³-hybridized carbons (Fsp3) is 0.600. The molecule has 1 aliphatic rings. The summed E-state index contributed by atoms with van der Waals surface area (Å²) in [6, 6.07) is 0. The number of hydrogen-bond donors (Lipinski definition) is 0. The molecule has 1 heterocycles. The van der Waals surface area contributed by atoms with Crippen molar-refractivity contribution in [3.05, 3.63) is 12.3 Å². The van der Waals surface area contributed by atoms with E-state index in [1.165, 1.54) is 6.92 Å². The minimum Gasteiger partial charge on any atom is -0.466 e. The Bertz CT molecular complexity index is 236. The molecule has 0 aliphatic carbocycles. The first kappa shape index (κ1) is 10.8. The highest BCUT2D eigenvalue weighted by molar-refractivity contribution is 5.71. The molecule has 0 aromatic carbocycles. The van der Waals surface area contributed by atoms with Gasteiger partial charge in [-0.25, -0.2) is 0 Å². The first-order chi connectivity index (χ1) is 6.79. The van der Waals surface area contributed by atoms with Gasteiger partial charge in [0.15, 0.2) is 0 Å². The Morgan fingerprint density at radius 2 is 2.43 bits per heavy atom. The second-order valence-electron chi connectivity index (χ2n) is 3.17. The zero-order valence-electron chi connectivity index (χ0n) is 8.48. The second-order valence-corrected chi connectivity index (χ2v) is 3.17. The van der Waals surface area contributed by atoms with Gasteiger partial charge in [-0.3, -0.25) is 9.79 Å². The van der Waals surface area contributed by atoms with Crippen molar-refractivity contribution in [3.8, 4) is 0 Å². The normalized spacial score (nSPS) is 14.5. The molecule has 4 nitrogen and oxygen atoms in total. The average molecular weight is 196 g/mol. The highest BCUT2D eigenvalue weighted by Gasteiger charge is 1.99. The Kier molecular flexibility index (Phi) is 4.75. The monoisotopic (exact) mass is 196 g/mol. The van der Waals surface area contributed by atoms with E-state index in [9.17, 15) is 4.79 Å². The predicted octanol–water partition coefficient (Wildman–Crippen LogP) is 1.19. The van der Waals surface area contributed by atoms with E-state index in [1.807, 2.05) is 12.3 Å². The molecule has 0 bridgehead atoms. The number of esters is 1. The van der Waals surface area contributed by atoms with E-state index in [2.05, 4.69) is 9.89 Å². The Hall–Kier alpha value is -1.32. The summed E-state index contributed by atoms with van der Waals surface area (Å²) in [4.78, 5) is 16.7. The summed E-state index contributed by atoms with van der Waals surface area (Å²) >= 11 is 0. The van der Waals surface area contributed by atoms with Crippen molar-refractivity contribution in [2.24, 2.45) is 4.99 Å². The summed E-state index contributed by atoms with van der Waals surface area (Å²) in [7, 11) is 0. The summed E-state index contributed by atoms with van der Waals surface area (Å²) in [5.41, 5.74) is 0. The molecular weight excluding hydrogens is 180 g/mol. The molecule has 0 saturated carbocycles. The van der Waals surface area contributed by atoms with Crippen LogP contribution in [0.2, 0.25) is 0 Å². The average Bonchev–Trinajstić information content (AvgIpc) is 2.18. The molecule has 0 aromatic heterocycles. The van der Waals surface area contributed by atoms with Gasteiger partial charge in [-0.1, -0.05) is 0 Å². The number of ether oxygens (including phenoxy) is 1. The molecule has 0 aromatic rings. The van der Waals surface area contributed by atoms with Gasteiger partial charge in [0, 0.05) is 25.9 Å². The second kappa shape index (κ2) is 6.18. The van der Waals surface area contributed by atoms with Gasteiger partial charge in [-0.05, 0) is 18.9 Å². The van der Waals surface area contributed by atoms with Crippen LogP contribution >= 0.6 is 0 Å². The quantitative estimate of drug-likeness (QED) is 0.490. The third-order valence-corrected chi connectivity index (χ3v) is 1.90. The van der Waals surface area contributed by atoms with Crippen LogP contribution < -0.4 is 0 Å². The van der Waals surface area contributed by atoms with E-state index in [0.29, 0.717) is 6.61 Å². The largest absolute Gasteiger partial charge is 0.466 e. The van der Waals surface area contributed by atoms with Gasteiger partial charge in [0.05, 0.1) is 6.61 Å². The molecule has 78 valence electrons. The number of hydrogen-bond acceptors (Lipinski definition) is 4. The topological polar surface area (TPSA) is 41.9 Å². The molecule has 0 saturated heterocycles. The Morgan fingerprint density at radius 3 is 3.07 bits per heavy atom. The summed E-state index contributed by atoms with van der Waals surface area (Å²) in [6.07, 6.45) is 7.69. The van der Waals surface area contributed by atoms with E-state index in [-0.39, 0.29) is 5.97 Å².